The van der Waals surface area contributed by atoms with E-state index in [-0.39, 0.29) is 12.6 Å². The highest BCUT2D eigenvalue weighted by molar-refractivity contribution is 7.17. The quantitative estimate of drug-likeness (QED) is 0.671. The van der Waals surface area contributed by atoms with Gasteiger partial charge in [0, 0.05) is 18.0 Å². The molecule has 0 saturated carbocycles. The summed E-state index contributed by atoms with van der Waals surface area (Å²) in [5.74, 6) is 0.109. The van der Waals surface area contributed by atoms with Gasteiger partial charge in [0.2, 0.25) is 6.79 Å². The monoisotopic (exact) mass is 349 g/mol. The minimum absolute atomic E-state index is 0.203. The number of nitriles is 1. The van der Waals surface area contributed by atoms with Crippen LogP contribution >= 0.6 is 11.3 Å². The fourth-order valence-corrected chi connectivity index (χ4v) is 3.38. The summed E-state index contributed by atoms with van der Waals surface area (Å²) in [7, 11) is 0. The van der Waals surface area contributed by atoms with Crippen LogP contribution in [0.5, 0.6) is 11.5 Å². The van der Waals surface area contributed by atoms with Crippen LogP contribution in [0, 0.1) is 11.3 Å². The molecule has 3 heterocycles. The van der Waals surface area contributed by atoms with Crippen LogP contribution in [0.25, 0.3) is 10.6 Å². The number of aromatic nitrogens is 2. The van der Waals surface area contributed by atoms with Crippen molar-refractivity contribution in [3.63, 3.8) is 0 Å². The third-order valence-corrected chi connectivity index (χ3v) is 4.80. The second-order valence-corrected chi connectivity index (χ2v) is 6.31. The number of carbonyl (C=O) groups is 1. The Morgan fingerprint density at radius 1 is 1.20 bits per heavy atom. The lowest BCUT2D eigenvalue weighted by Gasteiger charge is -2.05. The van der Waals surface area contributed by atoms with Crippen molar-refractivity contribution in [2.45, 2.75) is 5.92 Å². The minimum atomic E-state index is -0.939. The second-order valence-electron chi connectivity index (χ2n) is 5.28. The fraction of sp³-hybridized carbons (Fsp3) is 0.111. The van der Waals surface area contributed by atoms with Gasteiger partial charge in [-0.25, -0.2) is 4.98 Å². The van der Waals surface area contributed by atoms with Gasteiger partial charge in [0.1, 0.15) is 5.01 Å². The number of carbonyl (C=O) groups excluding carboxylic acids is 1. The van der Waals surface area contributed by atoms with Gasteiger partial charge in [-0.3, -0.25) is 9.78 Å². The molecule has 3 aromatic rings. The largest absolute Gasteiger partial charge is 0.454 e. The maximum Gasteiger partial charge on any atom is 0.231 e. The van der Waals surface area contributed by atoms with Gasteiger partial charge in [0.05, 0.1) is 16.6 Å². The smallest absolute Gasteiger partial charge is 0.231 e. The first-order valence-corrected chi connectivity index (χ1v) is 8.28. The molecule has 1 aliphatic heterocycles. The molecule has 2 aromatic heterocycles. The summed E-state index contributed by atoms with van der Waals surface area (Å²) in [6, 6.07) is 12.7. The predicted molar refractivity (Wildman–Crippen MR) is 90.6 cm³/mol. The van der Waals surface area contributed by atoms with Crippen molar-refractivity contribution in [3.8, 4) is 28.1 Å². The minimum Gasteiger partial charge on any atom is -0.454 e. The fourth-order valence-electron chi connectivity index (χ4n) is 2.50. The molecule has 0 spiro atoms. The highest BCUT2D eigenvalue weighted by atomic mass is 32.1. The number of thiazole rings is 1. The third kappa shape index (κ3) is 2.84. The normalized spacial score (nSPS) is 13.2. The lowest BCUT2D eigenvalue weighted by Crippen LogP contribution is -2.11. The Morgan fingerprint density at radius 3 is 2.88 bits per heavy atom. The van der Waals surface area contributed by atoms with Gasteiger partial charge in [-0.15, -0.1) is 11.3 Å². The summed E-state index contributed by atoms with van der Waals surface area (Å²) >= 11 is 1.24. The van der Waals surface area contributed by atoms with Crippen molar-refractivity contribution in [3.05, 3.63) is 59.4 Å². The second kappa shape index (κ2) is 6.34. The van der Waals surface area contributed by atoms with Crippen LogP contribution in [-0.2, 0) is 0 Å². The van der Waals surface area contributed by atoms with Gasteiger partial charge in [0.25, 0.3) is 0 Å². The predicted octanol–water partition coefficient (Wildman–Crippen LogP) is 3.42. The maximum atomic E-state index is 12.7. The molecular weight excluding hydrogens is 338 g/mol. The maximum absolute atomic E-state index is 12.7. The number of hydrogen-bond donors (Lipinski definition) is 0. The van der Waals surface area contributed by atoms with Gasteiger partial charge in [0.15, 0.2) is 23.2 Å². The zero-order valence-corrected chi connectivity index (χ0v) is 13.7. The van der Waals surface area contributed by atoms with Crippen molar-refractivity contribution in [2.24, 2.45) is 0 Å². The molecule has 0 saturated heterocycles. The van der Waals surface area contributed by atoms with E-state index in [2.05, 4.69) is 9.97 Å². The van der Waals surface area contributed by atoms with E-state index in [1.54, 1.807) is 24.4 Å². The molecule has 122 valence electrons. The molecule has 4 rings (SSSR count). The van der Waals surface area contributed by atoms with E-state index in [9.17, 15) is 10.1 Å². The molecule has 0 aliphatic carbocycles. The van der Waals surface area contributed by atoms with Crippen molar-refractivity contribution in [1.82, 2.24) is 9.97 Å². The number of fused-ring (bicyclic) bond motifs is 1. The van der Waals surface area contributed by atoms with Gasteiger partial charge in [-0.05, 0) is 30.3 Å². The van der Waals surface area contributed by atoms with Crippen molar-refractivity contribution in [1.29, 1.82) is 5.26 Å². The zero-order valence-electron chi connectivity index (χ0n) is 12.9. The first-order valence-electron chi connectivity index (χ1n) is 7.47. The number of Topliss-reactive ketones (excluding diaryl/α,β-unsaturated/α-hetero) is 1. The molecule has 0 radical (unpaired) electrons. The number of ketones is 1. The standard InChI is InChI=1S/C18H11N3O3S/c19-8-12(13-3-1-2-6-20-13)17(22)16-9-21-18(25-16)11-4-5-14-15(7-11)24-10-23-14/h1-7,9,12H,10H2/t12-/m1/s1. The summed E-state index contributed by atoms with van der Waals surface area (Å²) in [5, 5.41) is 10.1. The van der Waals surface area contributed by atoms with Crippen LogP contribution in [0.4, 0.5) is 0 Å². The number of benzene rings is 1. The molecule has 0 N–H and O–H groups in total. The van der Waals surface area contributed by atoms with Crippen LogP contribution in [0.2, 0.25) is 0 Å². The van der Waals surface area contributed by atoms with E-state index < -0.39 is 5.92 Å². The Bertz CT molecular complexity index is 979. The van der Waals surface area contributed by atoms with Gasteiger partial charge >= 0.3 is 0 Å². The topological polar surface area (TPSA) is 85.1 Å². The molecule has 6 nitrogen and oxygen atoms in total. The van der Waals surface area contributed by atoms with Crippen LogP contribution in [-0.4, -0.2) is 22.5 Å². The molecule has 1 atom stereocenters. The van der Waals surface area contributed by atoms with E-state index in [4.69, 9.17) is 9.47 Å². The highest BCUT2D eigenvalue weighted by Gasteiger charge is 2.25. The van der Waals surface area contributed by atoms with Gasteiger partial charge in [-0.2, -0.15) is 5.26 Å². The molecule has 0 unspecified atom stereocenters. The average Bonchev–Trinajstić information content (AvgIpc) is 3.32. The highest BCUT2D eigenvalue weighted by Crippen LogP contribution is 2.37. The van der Waals surface area contributed by atoms with E-state index in [0.29, 0.717) is 27.1 Å². The van der Waals surface area contributed by atoms with E-state index in [1.807, 2.05) is 24.3 Å². The van der Waals surface area contributed by atoms with Crippen LogP contribution in [0.3, 0.4) is 0 Å². The molecule has 25 heavy (non-hydrogen) atoms. The first kappa shape index (κ1) is 15.3. The summed E-state index contributed by atoms with van der Waals surface area (Å²) in [6.07, 6.45) is 3.07. The Balaban J connectivity index is 1.63. The molecule has 1 aliphatic rings. The van der Waals surface area contributed by atoms with E-state index in [0.717, 1.165) is 5.56 Å². The Hall–Kier alpha value is -3.24. The van der Waals surface area contributed by atoms with Crippen LogP contribution in [0.15, 0.2) is 48.8 Å². The van der Waals surface area contributed by atoms with Gasteiger partial charge in [-0.1, -0.05) is 6.07 Å². The number of ether oxygens (including phenoxy) is 2. The molecule has 1 aromatic carbocycles. The summed E-state index contributed by atoms with van der Waals surface area (Å²) in [6.45, 7) is 0.203. The number of hydrogen-bond acceptors (Lipinski definition) is 7. The van der Waals surface area contributed by atoms with Crippen molar-refractivity contribution >= 4 is 17.1 Å². The molecular formula is C18H11N3O3S. The molecule has 0 amide bonds. The van der Waals surface area contributed by atoms with E-state index in [1.165, 1.54) is 17.5 Å². The Labute approximate surface area is 147 Å². The van der Waals surface area contributed by atoms with Crippen molar-refractivity contribution in [2.75, 3.05) is 6.79 Å². The average molecular weight is 349 g/mol. The summed E-state index contributed by atoms with van der Waals surface area (Å²) in [5.41, 5.74) is 1.27. The molecule has 7 heteroatoms. The zero-order chi connectivity index (χ0) is 17.2. The number of rotatable bonds is 4. The Morgan fingerprint density at radius 2 is 2.08 bits per heavy atom. The van der Waals surface area contributed by atoms with Crippen molar-refractivity contribution < 1.29 is 14.3 Å². The van der Waals surface area contributed by atoms with Gasteiger partial charge < -0.3 is 9.47 Å². The lowest BCUT2D eigenvalue weighted by molar-refractivity contribution is 0.0981. The summed E-state index contributed by atoms with van der Waals surface area (Å²) in [4.78, 5) is 21.5. The lowest BCUT2D eigenvalue weighted by atomic mass is 10.0. The number of pyridine rings is 1. The SMILES string of the molecule is N#C[C@@H](C(=O)c1cnc(-c2ccc3c(c2)OCO3)s1)c1ccccn1. The summed E-state index contributed by atoms with van der Waals surface area (Å²) < 4.78 is 10.7. The molecule has 0 bridgehead atoms. The first-order chi connectivity index (χ1) is 12.3. The number of nitrogens with zero attached hydrogens (tertiary/aromatic N) is 3. The van der Waals surface area contributed by atoms with Crippen LogP contribution < -0.4 is 9.47 Å². The third-order valence-electron chi connectivity index (χ3n) is 3.74. The van der Waals surface area contributed by atoms with Crippen LogP contribution in [0.1, 0.15) is 21.3 Å². The molecule has 0 fully saturated rings. The van der Waals surface area contributed by atoms with E-state index >= 15 is 0 Å². The Kier molecular flexibility index (Phi) is 3.88.